The second-order valence-electron chi connectivity index (χ2n) is 8.11. The number of nitrogens with zero attached hydrogens (tertiary/aromatic N) is 3. The molecule has 8 nitrogen and oxygen atoms in total. The molecular formula is C22H27N3O5. The molecule has 2 fully saturated rings. The van der Waals surface area contributed by atoms with E-state index in [4.69, 9.17) is 4.74 Å². The first-order chi connectivity index (χ1) is 14.5. The van der Waals surface area contributed by atoms with Crippen molar-refractivity contribution >= 4 is 23.6 Å². The number of fused-ring (bicyclic) bond motifs is 1. The Balaban J connectivity index is 1.44. The zero-order chi connectivity index (χ0) is 21.3. The van der Waals surface area contributed by atoms with Crippen molar-refractivity contribution in [3.8, 4) is 0 Å². The van der Waals surface area contributed by atoms with Gasteiger partial charge in [-0.15, -0.1) is 0 Å². The highest BCUT2D eigenvalue weighted by molar-refractivity contribution is 6.22. The van der Waals surface area contributed by atoms with Crippen LogP contribution >= 0.6 is 0 Å². The molecule has 0 unspecified atom stereocenters. The molecule has 0 aromatic heterocycles. The van der Waals surface area contributed by atoms with Crippen molar-refractivity contribution in [2.75, 3.05) is 46.4 Å². The molecule has 30 heavy (non-hydrogen) atoms. The fourth-order valence-electron chi connectivity index (χ4n) is 4.11. The lowest BCUT2D eigenvalue weighted by Gasteiger charge is -2.22. The number of carbonyl (C=O) groups excluding carboxylic acids is 4. The summed E-state index contributed by atoms with van der Waals surface area (Å²) in [5.74, 6) is -0.470. The summed E-state index contributed by atoms with van der Waals surface area (Å²) in [6, 6.07) is 4.72. The van der Waals surface area contributed by atoms with Crippen LogP contribution in [0.4, 0.5) is 0 Å². The lowest BCUT2D eigenvalue weighted by molar-refractivity contribution is -0.132. The molecule has 1 aromatic carbocycles. The molecule has 4 amide bonds. The van der Waals surface area contributed by atoms with Crippen LogP contribution in [0.5, 0.6) is 0 Å². The average Bonchev–Trinajstić information content (AvgIpc) is 3.59. The Bertz CT molecular complexity index is 880. The summed E-state index contributed by atoms with van der Waals surface area (Å²) in [7, 11) is 1.57. The lowest BCUT2D eigenvalue weighted by atomic mass is 10.0. The molecule has 0 N–H and O–H groups in total. The maximum absolute atomic E-state index is 13.1. The van der Waals surface area contributed by atoms with Crippen LogP contribution in [0, 0.1) is 5.92 Å². The van der Waals surface area contributed by atoms with Crippen molar-refractivity contribution in [2.24, 2.45) is 5.92 Å². The standard InChI is InChI=1S/C22H27N3O5/c1-30-13-3-10-25-21(28)17-7-6-16(14-18(17)22(25)29)20(27)24-9-2-8-23(11-12-24)19(26)15-4-5-15/h6-7,14-15H,2-5,8-13H2,1H3. The first kappa shape index (κ1) is 20.5. The third-order valence-corrected chi connectivity index (χ3v) is 5.97. The van der Waals surface area contributed by atoms with Gasteiger partial charge in [-0.05, 0) is 43.9 Å². The zero-order valence-electron chi connectivity index (χ0n) is 17.3. The van der Waals surface area contributed by atoms with Crippen molar-refractivity contribution in [1.29, 1.82) is 0 Å². The van der Waals surface area contributed by atoms with E-state index in [9.17, 15) is 19.2 Å². The number of hydrogen-bond donors (Lipinski definition) is 0. The minimum atomic E-state index is -0.363. The number of carbonyl (C=O) groups is 4. The van der Waals surface area contributed by atoms with Gasteiger partial charge in [-0.25, -0.2) is 0 Å². The third kappa shape index (κ3) is 3.96. The topological polar surface area (TPSA) is 87.2 Å². The van der Waals surface area contributed by atoms with Crippen molar-refractivity contribution in [1.82, 2.24) is 14.7 Å². The first-order valence-corrected chi connectivity index (χ1v) is 10.6. The van der Waals surface area contributed by atoms with E-state index in [1.54, 1.807) is 24.1 Å². The largest absolute Gasteiger partial charge is 0.385 e. The van der Waals surface area contributed by atoms with Crippen LogP contribution in [-0.2, 0) is 9.53 Å². The van der Waals surface area contributed by atoms with Gasteiger partial charge in [0.05, 0.1) is 11.1 Å². The summed E-state index contributed by atoms with van der Waals surface area (Å²) in [6.45, 7) is 3.01. The number of amides is 4. The Labute approximate surface area is 175 Å². The highest BCUT2D eigenvalue weighted by Gasteiger charge is 2.37. The zero-order valence-corrected chi connectivity index (χ0v) is 17.3. The molecule has 1 saturated carbocycles. The highest BCUT2D eigenvalue weighted by atomic mass is 16.5. The normalized spacial score (nSPS) is 19.2. The number of imide groups is 1. The monoisotopic (exact) mass is 413 g/mol. The van der Waals surface area contributed by atoms with E-state index >= 15 is 0 Å². The molecule has 2 heterocycles. The van der Waals surface area contributed by atoms with Crippen LogP contribution in [0.3, 0.4) is 0 Å². The molecule has 160 valence electrons. The van der Waals surface area contributed by atoms with E-state index in [-0.39, 0.29) is 35.1 Å². The van der Waals surface area contributed by atoms with E-state index in [0.29, 0.717) is 56.9 Å². The minimum Gasteiger partial charge on any atom is -0.385 e. The van der Waals surface area contributed by atoms with E-state index in [1.165, 1.54) is 11.0 Å². The molecule has 8 heteroatoms. The molecule has 3 aliphatic rings. The van der Waals surface area contributed by atoms with Crippen LogP contribution in [0.1, 0.15) is 56.8 Å². The van der Waals surface area contributed by atoms with E-state index < -0.39 is 0 Å². The van der Waals surface area contributed by atoms with Crippen LogP contribution < -0.4 is 0 Å². The Kier molecular flexibility index (Phi) is 5.85. The molecule has 0 radical (unpaired) electrons. The van der Waals surface area contributed by atoms with Gasteiger partial charge in [0.25, 0.3) is 17.7 Å². The molecule has 1 saturated heterocycles. The van der Waals surface area contributed by atoms with Crippen molar-refractivity contribution in [3.63, 3.8) is 0 Å². The van der Waals surface area contributed by atoms with Crippen LogP contribution in [0.2, 0.25) is 0 Å². The van der Waals surface area contributed by atoms with E-state index in [2.05, 4.69) is 0 Å². The molecule has 4 rings (SSSR count). The summed E-state index contributed by atoms with van der Waals surface area (Å²) in [5, 5.41) is 0. The lowest BCUT2D eigenvalue weighted by Crippen LogP contribution is -2.38. The van der Waals surface area contributed by atoms with Gasteiger partial charge >= 0.3 is 0 Å². The van der Waals surface area contributed by atoms with Crippen LogP contribution in [0.15, 0.2) is 18.2 Å². The van der Waals surface area contributed by atoms with Crippen molar-refractivity contribution < 1.29 is 23.9 Å². The fraction of sp³-hybridized carbons (Fsp3) is 0.545. The molecular weight excluding hydrogens is 386 g/mol. The fourth-order valence-corrected chi connectivity index (χ4v) is 4.11. The van der Waals surface area contributed by atoms with Gasteiger partial charge in [0.15, 0.2) is 0 Å². The second-order valence-corrected chi connectivity index (χ2v) is 8.11. The van der Waals surface area contributed by atoms with Gasteiger partial charge in [0, 0.05) is 57.9 Å². The summed E-state index contributed by atoms with van der Waals surface area (Å²) < 4.78 is 4.99. The molecule has 2 aliphatic heterocycles. The first-order valence-electron chi connectivity index (χ1n) is 10.6. The molecule has 1 aliphatic carbocycles. The number of benzene rings is 1. The van der Waals surface area contributed by atoms with Gasteiger partial charge in [-0.3, -0.25) is 24.1 Å². The summed E-state index contributed by atoms with van der Waals surface area (Å²) >= 11 is 0. The smallest absolute Gasteiger partial charge is 0.261 e. The molecule has 0 bridgehead atoms. The Morgan fingerprint density at radius 1 is 1.00 bits per heavy atom. The second kappa shape index (κ2) is 8.55. The summed E-state index contributed by atoms with van der Waals surface area (Å²) in [6.07, 6.45) is 3.25. The quantitative estimate of drug-likeness (QED) is 0.520. The van der Waals surface area contributed by atoms with Gasteiger partial charge in [0.2, 0.25) is 5.91 Å². The SMILES string of the molecule is COCCCN1C(=O)c2ccc(C(=O)N3CCCN(C(=O)C4CC4)CC3)cc2C1=O. The highest BCUT2D eigenvalue weighted by Crippen LogP contribution is 2.31. The van der Waals surface area contributed by atoms with E-state index in [1.807, 2.05) is 4.90 Å². The number of methoxy groups -OCH3 is 1. The Morgan fingerprint density at radius 3 is 2.43 bits per heavy atom. The molecule has 1 aromatic rings. The number of rotatable bonds is 6. The van der Waals surface area contributed by atoms with Crippen molar-refractivity contribution in [3.05, 3.63) is 34.9 Å². The molecule has 0 spiro atoms. The van der Waals surface area contributed by atoms with E-state index in [0.717, 1.165) is 19.3 Å². The Morgan fingerprint density at radius 2 is 1.70 bits per heavy atom. The predicted molar refractivity (Wildman–Crippen MR) is 108 cm³/mol. The third-order valence-electron chi connectivity index (χ3n) is 5.97. The van der Waals surface area contributed by atoms with Crippen molar-refractivity contribution in [2.45, 2.75) is 25.7 Å². The number of ether oxygens (including phenoxy) is 1. The van der Waals surface area contributed by atoms with Gasteiger partial charge in [0.1, 0.15) is 0 Å². The van der Waals surface area contributed by atoms with Crippen LogP contribution in [0.25, 0.3) is 0 Å². The van der Waals surface area contributed by atoms with Gasteiger partial charge in [-0.2, -0.15) is 0 Å². The maximum Gasteiger partial charge on any atom is 0.261 e. The summed E-state index contributed by atoms with van der Waals surface area (Å²) in [4.78, 5) is 55.4. The minimum absolute atomic E-state index is 0.170. The number of hydrogen-bond acceptors (Lipinski definition) is 5. The Hall–Kier alpha value is -2.74. The maximum atomic E-state index is 13.1. The van der Waals surface area contributed by atoms with Gasteiger partial charge < -0.3 is 14.5 Å². The predicted octanol–water partition coefficient (Wildman–Crippen LogP) is 1.40. The van der Waals surface area contributed by atoms with Crippen LogP contribution in [-0.4, -0.2) is 84.8 Å². The summed E-state index contributed by atoms with van der Waals surface area (Å²) in [5.41, 5.74) is 1.02. The molecule has 0 atom stereocenters. The van der Waals surface area contributed by atoms with Gasteiger partial charge in [-0.1, -0.05) is 0 Å². The average molecular weight is 413 g/mol.